The maximum atomic E-state index is 12.5. The van der Waals surface area contributed by atoms with Gasteiger partial charge in [-0.3, -0.25) is 4.79 Å². The fraction of sp³-hybridized carbons (Fsp3) is 0.667. The van der Waals surface area contributed by atoms with Crippen LogP contribution in [0.4, 0.5) is 0 Å². The molecule has 2 aliphatic heterocycles. The summed E-state index contributed by atoms with van der Waals surface area (Å²) in [5.41, 5.74) is 1.04. The summed E-state index contributed by atoms with van der Waals surface area (Å²) >= 11 is 0. The van der Waals surface area contributed by atoms with Gasteiger partial charge >= 0.3 is 0 Å². The van der Waals surface area contributed by atoms with Gasteiger partial charge in [-0.1, -0.05) is 32.9 Å². The highest BCUT2D eigenvalue weighted by molar-refractivity contribution is 7.89. The van der Waals surface area contributed by atoms with Gasteiger partial charge in [0.05, 0.1) is 18.1 Å². The van der Waals surface area contributed by atoms with Gasteiger partial charge in [0.25, 0.3) is 0 Å². The Kier molecular flexibility index (Phi) is 6.98. The van der Waals surface area contributed by atoms with Crippen molar-refractivity contribution in [2.24, 2.45) is 5.92 Å². The molecule has 7 nitrogen and oxygen atoms in total. The van der Waals surface area contributed by atoms with Crippen LogP contribution in [0.3, 0.4) is 0 Å². The van der Waals surface area contributed by atoms with E-state index < -0.39 is 10.0 Å². The summed E-state index contributed by atoms with van der Waals surface area (Å²) in [4.78, 5) is 14.5. The lowest BCUT2D eigenvalue weighted by Crippen LogP contribution is -2.42. The van der Waals surface area contributed by atoms with Gasteiger partial charge < -0.3 is 14.4 Å². The number of nitrogens with zero attached hydrogens (tertiary/aromatic N) is 1. The molecular formula is C21H32N2O5S. The standard InChI is InChI=1S/C21H32N2O5S/c1-21(2,3)17-4-6-18(7-5-17)29(25,26)22-11-8-19(24)23-12-9-16(10-13-23)20-27-14-15-28-20/h4-7,16,20,22H,8-15H2,1-3H3. The lowest BCUT2D eigenvalue weighted by Gasteiger charge is -2.33. The summed E-state index contributed by atoms with van der Waals surface area (Å²) in [7, 11) is -3.62. The van der Waals surface area contributed by atoms with Gasteiger partial charge in [-0.25, -0.2) is 13.1 Å². The summed E-state index contributed by atoms with van der Waals surface area (Å²) < 4.78 is 38.6. The zero-order chi connectivity index (χ0) is 21.1. The predicted octanol–water partition coefficient (Wildman–Crippen LogP) is 2.26. The van der Waals surface area contributed by atoms with Crippen LogP contribution in [-0.4, -0.2) is 58.4 Å². The molecule has 0 saturated carbocycles. The maximum absolute atomic E-state index is 12.5. The van der Waals surface area contributed by atoms with Crippen molar-refractivity contribution in [3.63, 3.8) is 0 Å². The molecule has 2 aliphatic rings. The molecule has 0 spiro atoms. The highest BCUT2D eigenvalue weighted by Crippen LogP contribution is 2.26. The first-order valence-corrected chi connectivity index (χ1v) is 11.8. The molecule has 2 fully saturated rings. The molecule has 2 saturated heterocycles. The van der Waals surface area contributed by atoms with E-state index in [4.69, 9.17) is 9.47 Å². The van der Waals surface area contributed by atoms with Gasteiger partial charge in [-0.05, 0) is 36.0 Å². The third kappa shape index (κ3) is 5.78. The first-order chi connectivity index (χ1) is 13.7. The lowest BCUT2D eigenvalue weighted by atomic mass is 9.87. The van der Waals surface area contributed by atoms with E-state index in [1.165, 1.54) is 0 Å². The monoisotopic (exact) mass is 424 g/mol. The van der Waals surface area contributed by atoms with Crippen LogP contribution in [0, 0.1) is 5.92 Å². The van der Waals surface area contributed by atoms with Crippen LogP contribution < -0.4 is 4.72 Å². The van der Waals surface area contributed by atoms with E-state index in [9.17, 15) is 13.2 Å². The number of likely N-dealkylation sites (tertiary alicyclic amines) is 1. The van der Waals surface area contributed by atoms with E-state index >= 15 is 0 Å². The summed E-state index contributed by atoms with van der Waals surface area (Å²) in [6.07, 6.45) is 1.72. The van der Waals surface area contributed by atoms with Crippen molar-refractivity contribution < 1.29 is 22.7 Å². The highest BCUT2D eigenvalue weighted by atomic mass is 32.2. The van der Waals surface area contributed by atoms with E-state index in [-0.39, 0.29) is 35.5 Å². The fourth-order valence-electron chi connectivity index (χ4n) is 3.74. The quantitative estimate of drug-likeness (QED) is 0.757. The fourth-order valence-corrected chi connectivity index (χ4v) is 4.77. The molecule has 0 bridgehead atoms. The Morgan fingerprint density at radius 1 is 1.10 bits per heavy atom. The smallest absolute Gasteiger partial charge is 0.240 e. The maximum Gasteiger partial charge on any atom is 0.240 e. The summed E-state index contributed by atoms with van der Waals surface area (Å²) in [6, 6.07) is 6.90. The van der Waals surface area contributed by atoms with Crippen molar-refractivity contribution in [2.75, 3.05) is 32.8 Å². The molecule has 1 amide bonds. The number of benzene rings is 1. The lowest BCUT2D eigenvalue weighted by molar-refractivity contribution is -0.136. The molecule has 3 rings (SSSR count). The minimum Gasteiger partial charge on any atom is -0.350 e. The average Bonchev–Trinajstić information content (AvgIpc) is 3.22. The average molecular weight is 425 g/mol. The van der Waals surface area contributed by atoms with Crippen LogP contribution in [-0.2, 0) is 29.7 Å². The van der Waals surface area contributed by atoms with Crippen molar-refractivity contribution in [3.05, 3.63) is 29.8 Å². The Bertz CT molecular complexity index is 787. The van der Waals surface area contributed by atoms with Crippen LogP contribution >= 0.6 is 0 Å². The predicted molar refractivity (Wildman–Crippen MR) is 110 cm³/mol. The molecule has 0 radical (unpaired) electrons. The molecule has 8 heteroatoms. The van der Waals surface area contributed by atoms with E-state index in [0.717, 1.165) is 18.4 Å². The largest absolute Gasteiger partial charge is 0.350 e. The van der Waals surface area contributed by atoms with Crippen LogP contribution in [0.25, 0.3) is 0 Å². The van der Waals surface area contributed by atoms with Gasteiger partial charge in [-0.2, -0.15) is 0 Å². The Labute approximate surface area is 173 Å². The molecule has 29 heavy (non-hydrogen) atoms. The van der Waals surface area contributed by atoms with Crippen molar-refractivity contribution in [3.8, 4) is 0 Å². The number of carbonyl (C=O) groups is 1. The molecular weight excluding hydrogens is 392 g/mol. The summed E-state index contributed by atoms with van der Waals surface area (Å²) in [5, 5.41) is 0. The number of ether oxygens (including phenoxy) is 2. The van der Waals surface area contributed by atoms with Gasteiger partial charge in [-0.15, -0.1) is 0 Å². The molecule has 1 N–H and O–H groups in total. The van der Waals surface area contributed by atoms with Crippen LogP contribution in [0.2, 0.25) is 0 Å². The van der Waals surface area contributed by atoms with Crippen molar-refractivity contribution in [1.29, 1.82) is 0 Å². The van der Waals surface area contributed by atoms with E-state index in [1.54, 1.807) is 17.0 Å². The van der Waals surface area contributed by atoms with Gasteiger partial charge in [0.2, 0.25) is 15.9 Å². The second-order valence-corrected chi connectivity index (χ2v) is 10.5. The Morgan fingerprint density at radius 2 is 1.69 bits per heavy atom. The SMILES string of the molecule is CC(C)(C)c1ccc(S(=O)(=O)NCCC(=O)N2CCC(C3OCCO3)CC2)cc1. The minimum atomic E-state index is -3.62. The molecule has 0 aromatic heterocycles. The normalized spacial score (nSPS) is 19.6. The zero-order valence-electron chi connectivity index (χ0n) is 17.5. The minimum absolute atomic E-state index is 0.0255. The van der Waals surface area contributed by atoms with Gasteiger partial charge in [0.15, 0.2) is 6.29 Å². The number of rotatable bonds is 6. The molecule has 0 atom stereocenters. The Hall–Kier alpha value is -1.48. The van der Waals surface area contributed by atoms with Crippen LogP contribution in [0.5, 0.6) is 0 Å². The van der Waals surface area contributed by atoms with Crippen molar-refractivity contribution in [2.45, 2.75) is 56.6 Å². The van der Waals surface area contributed by atoms with E-state index in [0.29, 0.717) is 32.2 Å². The topological polar surface area (TPSA) is 84.9 Å². The second-order valence-electron chi connectivity index (χ2n) is 8.75. The van der Waals surface area contributed by atoms with Crippen molar-refractivity contribution in [1.82, 2.24) is 9.62 Å². The molecule has 1 aromatic carbocycles. The van der Waals surface area contributed by atoms with Crippen LogP contribution in [0.1, 0.15) is 45.6 Å². The first kappa shape index (κ1) is 22.2. The van der Waals surface area contributed by atoms with Gasteiger partial charge in [0.1, 0.15) is 0 Å². The summed E-state index contributed by atoms with van der Waals surface area (Å²) in [6.45, 7) is 8.94. The third-order valence-electron chi connectivity index (χ3n) is 5.59. The first-order valence-electron chi connectivity index (χ1n) is 10.3. The third-order valence-corrected chi connectivity index (χ3v) is 7.06. The number of sulfonamides is 1. The Balaban J connectivity index is 1.44. The second kappa shape index (κ2) is 9.12. The molecule has 0 unspecified atom stereocenters. The van der Waals surface area contributed by atoms with E-state index in [1.807, 2.05) is 12.1 Å². The number of amides is 1. The molecule has 162 valence electrons. The zero-order valence-corrected chi connectivity index (χ0v) is 18.3. The van der Waals surface area contributed by atoms with E-state index in [2.05, 4.69) is 25.5 Å². The number of hydrogen-bond acceptors (Lipinski definition) is 5. The van der Waals surface area contributed by atoms with Crippen LogP contribution in [0.15, 0.2) is 29.2 Å². The number of hydrogen-bond donors (Lipinski definition) is 1. The molecule has 2 heterocycles. The molecule has 1 aromatic rings. The molecule has 0 aliphatic carbocycles. The number of piperidine rings is 1. The van der Waals surface area contributed by atoms with Crippen molar-refractivity contribution >= 4 is 15.9 Å². The number of carbonyl (C=O) groups excluding carboxylic acids is 1. The Morgan fingerprint density at radius 3 is 2.24 bits per heavy atom. The van der Waals surface area contributed by atoms with Gasteiger partial charge in [0, 0.05) is 32.0 Å². The number of nitrogens with one attached hydrogen (secondary N) is 1. The highest BCUT2D eigenvalue weighted by Gasteiger charge is 2.31. The summed E-state index contributed by atoms with van der Waals surface area (Å²) in [5.74, 6) is 0.304.